The molecule has 12 nitrogen and oxygen atoms in total. The lowest BCUT2D eigenvalue weighted by atomic mass is 9.85. The van der Waals surface area contributed by atoms with Crippen LogP contribution in [0.1, 0.15) is 50.1 Å². The fourth-order valence-electron chi connectivity index (χ4n) is 4.98. The number of rotatable bonds is 16. The van der Waals surface area contributed by atoms with E-state index in [1.807, 2.05) is 39.3 Å². The second kappa shape index (κ2) is 17.0. The minimum atomic E-state index is -0.920. The maximum atomic E-state index is 13.7. The maximum Gasteiger partial charge on any atom is 0.246 e. The molecular formula is C30H47N5O7S. The molecule has 2 aliphatic rings. The summed E-state index contributed by atoms with van der Waals surface area (Å²) in [6.45, 7) is 9.85. The molecule has 3 amide bonds. The third kappa shape index (κ3) is 10.8. The van der Waals surface area contributed by atoms with Crippen molar-refractivity contribution in [1.29, 1.82) is 0 Å². The predicted octanol–water partition coefficient (Wildman–Crippen LogP) is 1.04. The number of hydrogen-bond acceptors (Lipinski definition) is 10. The van der Waals surface area contributed by atoms with Crippen molar-refractivity contribution < 1.29 is 33.7 Å². The van der Waals surface area contributed by atoms with Gasteiger partial charge in [0.2, 0.25) is 17.7 Å². The summed E-state index contributed by atoms with van der Waals surface area (Å²) in [5, 5.41) is 16.1. The van der Waals surface area contributed by atoms with Gasteiger partial charge in [0, 0.05) is 36.9 Å². The number of nitrogens with two attached hydrogens (primary N) is 1. The van der Waals surface area contributed by atoms with Crippen molar-refractivity contribution in [2.24, 2.45) is 11.1 Å². The zero-order chi connectivity index (χ0) is 31.4. The number of amides is 3. The van der Waals surface area contributed by atoms with E-state index in [-0.39, 0.29) is 38.0 Å². The van der Waals surface area contributed by atoms with Gasteiger partial charge in [0.25, 0.3) is 0 Å². The Kier molecular flexibility index (Phi) is 13.7. The minimum Gasteiger partial charge on any atom is -0.391 e. The van der Waals surface area contributed by atoms with E-state index >= 15 is 0 Å². The molecule has 1 aromatic rings. The van der Waals surface area contributed by atoms with Crippen molar-refractivity contribution in [3.05, 3.63) is 39.9 Å². The highest BCUT2D eigenvalue weighted by molar-refractivity contribution is 7.09. The molecule has 3 rings (SSSR count). The molecule has 43 heavy (non-hydrogen) atoms. The van der Waals surface area contributed by atoms with E-state index in [1.165, 1.54) is 9.78 Å². The summed E-state index contributed by atoms with van der Waals surface area (Å²) in [6, 6.07) is -1.76. The number of β-amino-alcohol motifs (C(OH)–C–C–N with tert-alkyl or cyclic N) is 1. The van der Waals surface area contributed by atoms with Gasteiger partial charge in [-0.1, -0.05) is 39.0 Å². The molecule has 0 saturated carbocycles. The Morgan fingerprint density at radius 2 is 1.86 bits per heavy atom. The number of allylic oxidation sites excluding steroid dienone is 2. The van der Waals surface area contributed by atoms with Gasteiger partial charge in [-0.05, 0) is 24.3 Å². The summed E-state index contributed by atoms with van der Waals surface area (Å²) >= 11 is 1.64. The van der Waals surface area contributed by atoms with Crippen LogP contribution >= 0.6 is 11.3 Å². The Morgan fingerprint density at radius 1 is 1.16 bits per heavy atom. The fourth-order valence-corrected chi connectivity index (χ4v) is 5.87. The van der Waals surface area contributed by atoms with Crippen LogP contribution in [0, 0.1) is 12.3 Å². The second-order valence-electron chi connectivity index (χ2n) is 11.8. The second-order valence-corrected chi connectivity index (χ2v) is 12.7. The van der Waals surface area contributed by atoms with Crippen molar-refractivity contribution in [1.82, 2.24) is 20.5 Å². The van der Waals surface area contributed by atoms with E-state index in [0.717, 1.165) is 17.7 Å². The quantitative estimate of drug-likeness (QED) is 0.197. The van der Waals surface area contributed by atoms with E-state index in [9.17, 15) is 19.5 Å². The van der Waals surface area contributed by atoms with Crippen molar-refractivity contribution in [2.45, 2.75) is 64.6 Å². The Bertz CT molecular complexity index is 1130. The molecule has 5 N–H and O–H groups in total. The fraction of sp³-hybridized carbons (Fsp3) is 0.667. The van der Waals surface area contributed by atoms with Crippen LogP contribution in [-0.2, 0) is 28.6 Å². The summed E-state index contributed by atoms with van der Waals surface area (Å²) in [6.07, 6.45) is 6.36. The van der Waals surface area contributed by atoms with Gasteiger partial charge in [-0.3, -0.25) is 14.4 Å². The lowest BCUT2D eigenvalue weighted by Gasteiger charge is -2.35. The molecule has 1 aromatic heterocycles. The monoisotopic (exact) mass is 621 g/mol. The number of aliphatic hydroxyl groups is 1. The van der Waals surface area contributed by atoms with Crippen LogP contribution in [0.2, 0.25) is 0 Å². The Morgan fingerprint density at radius 3 is 2.47 bits per heavy atom. The molecule has 2 heterocycles. The van der Waals surface area contributed by atoms with E-state index in [0.29, 0.717) is 39.5 Å². The van der Waals surface area contributed by atoms with Crippen molar-refractivity contribution in [3.8, 4) is 0 Å². The number of aromatic nitrogens is 1. The molecule has 1 aliphatic heterocycles. The summed E-state index contributed by atoms with van der Waals surface area (Å²) in [5.41, 5.74) is 8.57. The van der Waals surface area contributed by atoms with Crippen molar-refractivity contribution in [2.75, 3.05) is 59.3 Å². The standard InChI is InChI=1S/C30H47N5O7S/c1-20-26(43-19-33-20)22-7-5-21(6-8-22)16-32-28(38)24-15-23(36)17-35(24)29(39)27(30(2,3)4)34-25(37)18-42-14-13-41-12-11-40-10-9-31/h5-7,19,22-24,27,36H,8-18,31H2,1-4H3,(H,32,38)(H,34,37)/t22?,23-,24+,27-/m1/s1. The van der Waals surface area contributed by atoms with Gasteiger partial charge in [-0.15, -0.1) is 11.3 Å². The lowest BCUT2D eigenvalue weighted by Crippen LogP contribution is -2.58. The molecule has 4 atom stereocenters. The molecule has 0 bridgehead atoms. The van der Waals surface area contributed by atoms with Crippen LogP contribution in [0.25, 0.3) is 0 Å². The highest BCUT2D eigenvalue weighted by Crippen LogP contribution is 2.31. The van der Waals surface area contributed by atoms with E-state index in [4.69, 9.17) is 19.9 Å². The SMILES string of the molecule is Cc1ncsc1C1C=CC(CNC(=O)[C@@H]2C[C@@H](O)CN2C(=O)[C@@H](NC(=O)COCCOCCOCCN)C(C)(C)C)=CC1. The zero-order valence-corrected chi connectivity index (χ0v) is 26.5. The Hall–Kier alpha value is -2.68. The summed E-state index contributed by atoms with van der Waals surface area (Å²) in [5.74, 6) is -0.934. The third-order valence-corrected chi connectivity index (χ3v) is 8.35. The van der Waals surface area contributed by atoms with Gasteiger partial charge in [0.1, 0.15) is 18.7 Å². The number of ether oxygens (including phenoxy) is 3. The van der Waals surface area contributed by atoms with E-state index in [1.54, 1.807) is 11.3 Å². The Balaban J connectivity index is 1.49. The average Bonchev–Trinajstić information content (AvgIpc) is 3.58. The molecule has 1 saturated heterocycles. The summed E-state index contributed by atoms with van der Waals surface area (Å²) in [4.78, 5) is 46.6. The molecule has 1 fully saturated rings. The molecule has 13 heteroatoms. The number of nitrogens with one attached hydrogen (secondary N) is 2. The molecule has 1 unspecified atom stereocenters. The first-order valence-corrected chi connectivity index (χ1v) is 15.6. The molecule has 0 radical (unpaired) electrons. The van der Waals surface area contributed by atoms with Gasteiger partial charge in [-0.2, -0.15) is 0 Å². The van der Waals surface area contributed by atoms with Crippen LogP contribution in [0.5, 0.6) is 0 Å². The van der Waals surface area contributed by atoms with Crippen LogP contribution in [-0.4, -0.2) is 110 Å². The first kappa shape index (κ1) is 34.8. The van der Waals surface area contributed by atoms with Gasteiger partial charge in [0.15, 0.2) is 0 Å². The lowest BCUT2D eigenvalue weighted by molar-refractivity contribution is -0.144. The van der Waals surface area contributed by atoms with Gasteiger partial charge in [-0.25, -0.2) is 4.98 Å². The number of carbonyl (C=O) groups excluding carboxylic acids is 3. The van der Waals surface area contributed by atoms with Crippen molar-refractivity contribution >= 4 is 29.1 Å². The highest BCUT2D eigenvalue weighted by Gasteiger charge is 2.44. The number of carbonyl (C=O) groups is 3. The van der Waals surface area contributed by atoms with Crippen LogP contribution < -0.4 is 16.4 Å². The van der Waals surface area contributed by atoms with Crippen LogP contribution in [0.3, 0.4) is 0 Å². The predicted molar refractivity (Wildman–Crippen MR) is 163 cm³/mol. The maximum absolute atomic E-state index is 13.7. The topological polar surface area (TPSA) is 165 Å². The number of thiazole rings is 1. The molecule has 0 spiro atoms. The Labute approximate surface area is 258 Å². The van der Waals surface area contributed by atoms with E-state index < -0.39 is 35.4 Å². The first-order valence-electron chi connectivity index (χ1n) is 14.8. The number of likely N-dealkylation sites (tertiary alicyclic amines) is 1. The molecule has 240 valence electrons. The first-order chi connectivity index (χ1) is 20.5. The molecule has 0 aromatic carbocycles. The molecular weight excluding hydrogens is 574 g/mol. The normalized spacial score (nSPS) is 21.0. The van der Waals surface area contributed by atoms with Gasteiger partial charge < -0.3 is 40.6 Å². The smallest absolute Gasteiger partial charge is 0.246 e. The number of aliphatic hydroxyl groups excluding tert-OH is 1. The highest BCUT2D eigenvalue weighted by atomic mass is 32.1. The zero-order valence-electron chi connectivity index (χ0n) is 25.7. The number of aryl methyl sites for hydroxylation is 1. The van der Waals surface area contributed by atoms with Crippen LogP contribution in [0.4, 0.5) is 0 Å². The van der Waals surface area contributed by atoms with Gasteiger partial charge >= 0.3 is 0 Å². The number of hydrogen-bond donors (Lipinski definition) is 4. The van der Waals surface area contributed by atoms with Crippen LogP contribution in [0.15, 0.2) is 29.3 Å². The minimum absolute atomic E-state index is 0.0146. The number of nitrogens with zero attached hydrogens (tertiary/aromatic N) is 2. The van der Waals surface area contributed by atoms with Gasteiger partial charge in [0.05, 0.1) is 50.3 Å². The summed E-state index contributed by atoms with van der Waals surface area (Å²) < 4.78 is 16.0. The van der Waals surface area contributed by atoms with Crippen molar-refractivity contribution in [3.63, 3.8) is 0 Å². The van der Waals surface area contributed by atoms with E-state index in [2.05, 4.69) is 27.8 Å². The summed E-state index contributed by atoms with van der Waals surface area (Å²) in [7, 11) is 0. The average molecular weight is 622 g/mol. The third-order valence-electron chi connectivity index (χ3n) is 7.29. The molecule has 1 aliphatic carbocycles. The largest absolute Gasteiger partial charge is 0.391 e.